The lowest BCUT2D eigenvalue weighted by Crippen LogP contribution is -2.06. The summed E-state index contributed by atoms with van der Waals surface area (Å²) in [7, 11) is -0.211. The molecule has 0 heterocycles. The average molecular weight is 267 g/mol. The summed E-state index contributed by atoms with van der Waals surface area (Å²) in [5.74, 6) is -0.000763. The Morgan fingerprint density at radius 3 is 2.32 bits per heavy atom. The van der Waals surface area contributed by atoms with Crippen molar-refractivity contribution in [1.82, 2.24) is 0 Å². The molecule has 1 unspecified atom stereocenters. The smallest absolute Gasteiger partial charge is 0.159 e. The third-order valence-electron chi connectivity index (χ3n) is 2.70. The van der Waals surface area contributed by atoms with Gasteiger partial charge in [0, 0.05) is 0 Å². The second-order valence-corrected chi connectivity index (χ2v) is 5.86. The summed E-state index contributed by atoms with van der Waals surface area (Å²) >= 11 is 0. The zero-order chi connectivity index (χ0) is 13.7. The summed E-state index contributed by atoms with van der Waals surface area (Å²) in [6.45, 7) is 0. The van der Waals surface area contributed by atoms with Crippen molar-refractivity contribution >= 4 is 16.7 Å². The molecule has 94 valence electrons. The highest BCUT2D eigenvalue weighted by molar-refractivity contribution is 7.99. The number of hydrogen-bond donors (Lipinski definition) is 0. The van der Waals surface area contributed by atoms with E-state index in [-0.39, 0.29) is 16.7 Å². The molecule has 0 aliphatic carbocycles. The molecule has 3 heteroatoms. The minimum absolute atomic E-state index is 0.000763. The Bertz CT molecular complexity index is 611. The van der Waals surface area contributed by atoms with E-state index in [1.807, 2.05) is 42.7 Å². The third kappa shape index (κ3) is 3.40. The van der Waals surface area contributed by atoms with Gasteiger partial charge in [-0.25, -0.2) is 0 Å². The van der Waals surface area contributed by atoms with Crippen LogP contribution in [0.1, 0.15) is 11.1 Å². The van der Waals surface area contributed by atoms with Gasteiger partial charge < -0.3 is 5.11 Å². The Morgan fingerprint density at radius 2 is 1.74 bits per heavy atom. The van der Waals surface area contributed by atoms with Gasteiger partial charge in [-0.3, -0.25) is 0 Å². The fourth-order valence-corrected chi connectivity index (χ4v) is 2.82. The Hall–Kier alpha value is -2.18. The molecule has 2 nitrogen and oxygen atoms in total. The van der Waals surface area contributed by atoms with Crippen LogP contribution < -0.4 is 5.11 Å². The van der Waals surface area contributed by atoms with Gasteiger partial charge in [-0.15, -0.1) is 0 Å². The van der Waals surface area contributed by atoms with Crippen molar-refractivity contribution in [3.8, 4) is 6.07 Å². The highest BCUT2D eigenvalue weighted by Crippen LogP contribution is 2.17. The van der Waals surface area contributed by atoms with Crippen molar-refractivity contribution < 1.29 is 5.11 Å². The maximum Gasteiger partial charge on any atom is 0.159 e. The average Bonchev–Trinajstić information content (AvgIpc) is 2.48. The summed E-state index contributed by atoms with van der Waals surface area (Å²) in [5, 5.41) is 22.5. The fourth-order valence-electron chi connectivity index (χ4n) is 1.64. The summed E-state index contributed by atoms with van der Waals surface area (Å²) in [5.41, 5.74) is 1.18. The Labute approximate surface area is 116 Å². The van der Waals surface area contributed by atoms with Crippen LogP contribution in [0.25, 0.3) is 5.76 Å². The summed E-state index contributed by atoms with van der Waals surface area (Å²) in [4.78, 5) is 1.14. The van der Waals surface area contributed by atoms with Gasteiger partial charge in [0.1, 0.15) is 11.7 Å². The van der Waals surface area contributed by atoms with E-state index >= 15 is 0 Å². The molecule has 2 rings (SSSR count). The van der Waals surface area contributed by atoms with Gasteiger partial charge in [0.15, 0.2) is 4.90 Å². The Morgan fingerprint density at radius 1 is 1.11 bits per heavy atom. The molecule has 0 amide bonds. The Kier molecular flexibility index (Phi) is 4.27. The molecule has 19 heavy (non-hydrogen) atoms. The maximum absolute atomic E-state index is 12.1. The molecule has 0 aliphatic heterocycles. The molecular weight excluding hydrogens is 254 g/mol. The van der Waals surface area contributed by atoms with E-state index in [0.29, 0.717) is 11.1 Å². The van der Waals surface area contributed by atoms with Gasteiger partial charge in [-0.2, -0.15) is 5.26 Å². The molecular formula is C16H13NOS. The van der Waals surface area contributed by atoms with Gasteiger partial charge in [0.2, 0.25) is 0 Å². The molecule has 0 spiro atoms. The topological polar surface area (TPSA) is 46.8 Å². The first kappa shape index (κ1) is 13.3. The number of nitrogens with zero attached hydrogens (tertiary/aromatic N) is 1. The van der Waals surface area contributed by atoms with Crippen molar-refractivity contribution in [3.05, 3.63) is 71.1 Å². The number of rotatable bonds is 3. The van der Waals surface area contributed by atoms with Crippen LogP contribution in [0.4, 0.5) is 0 Å². The first-order valence-electron chi connectivity index (χ1n) is 5.80. The SMILES string of the molecule is C[S+](/C=C(\[O-])c1ccc(C#N)cc1)c1ccccc1. The maximum atomic E-state index is 12.1. The first-order chi connectivity index (χ1) is 9.20. The molecule has 0 aromatic heterocycles. The third-order valence-corrected chi connectivity index (χ3v) is 4.28. The summed E-state index contributed by atoms with van der Waals surface area (Å²) in [6.07, 6.45) is 2.02. The van der Waals surface area contributed by atoms with Crippen LogP contribution in [0, 0.1) is 11.3 Å². The van der Waals surface area contributed by atoms with E-state index in [2.05, 4.69) is 0 Å². The van der Waals surface area contributed by atoms with E-state index in [4.69, 9.17) is 5.26 Å². The van der Waals surface area contributed by atoms with Crippen LogP contribution in [0.5, 0.6) is 0 Å². The van der Waals surface area contributed by atoms with Gasteiger partial charge in [-0.1, -0.05) is 36.1 Å². The van der Waals surface area contributed by atoms with E-state index in [0.717, 1.165) is 4.90 Å². The van der Waals surface area contributed by atoms with E-state index in [1.165, 1.54) is 0 Å². The highest BCUT2D eigenvalue weighted by Gasteiger charge is 2.11. The van der Waals surface area contributed by atoms with Crippen LogP contribution in [-0.4, -0.2) is 6.26 Å². The van der Waals surface area contributed by atoms with Crippen LogP contribution in [0.2, 0.25) is 0 Å². The normalized spacial score (nSPS) is 12.7. The lowest BCUT2D eigenvalue weighted by atomic mass is 10.1. The second-order valence-electron chi connectivity index (χ2n) is 4.04. The number of hydrogen-bond acceptors (Lipinski definition) is 2. The van der Waals surface area contributed by atoms with Gasteiger partial charge in [-0.05, 0) is 29.8 Å². The van der Waals surface area contributed by atoms with Crippen molar-refractivity contribution in [3.63, 3.8) is 0 Å². The molecule has 0 saturated carbocycles. The number of nitriles is 1. The standard InChI is InChI=1S/C16H13NOS/c1-19(15-5-3-2-4-6-15)12-16(18)14-9-7-13(11-17)8-10-14/h2-10,12H,1H3/b16-12-. The summed E-state index contributed by atoms with van der Waals surface area (Å²) in [6, 6.07) is 18.7. The largest absolute Gasteiger partial charge is 0.869 e. The van der Waals surface area contributed by atoms with Crippen molar-refractivity contribution in [2.75, 3.05) is 6.26 Å². The van der Waals surface area contributed by atoms with Crippen LogP contribution in [0.15, 0.2) is 64.9 Å². The summed E-state index contributed by atoms with van der Waals surface area (Å²) < 4.78 is 0. The van der Waals surface area contributed by atoms with Gasteiger partial charge in [0.25, 0.3) is 0 Å². The zero-order valence-corrected chi connectivity index (χ0v) is 11.4. The molecule has 0 fully saturated rings. The quantitative estimate of drug-likeness (QED) is 0.633. The van der Waals surface area contributed by atoms with Gasteiger partial charge >= 0.3 is 0 Å². The van der Waals surface area contributed by atoms with E-state index in [9.17, 15) is 5.11 Å². The Balaban J connectivity index is 2.20. The van der Waals surface area contributed by atoms with Crippen molar-refractivity contribution in [2.24, 2.45) is 0 Å². The van der Waals surface area contributed by atoms with Gasteiger partial charge in [0.05, 0.1) is 22.5 Å². The zero-order valence-electron chi connectivity index (χ0n) is 10.5. The monoisotopic (exact) mass is 267 g/mol. The minimum atomic E-state index is -0.211. The molecule has 0 radical (unpaired) electrons. The van der Waals surface area contributed by atoms with E-state index < -0.39 is 0 Å². The molecule has 1 atom stereocenters. The lowest BCUT2D eigenvalue weighted by molar-refractivity contribution is -0.243. The fraction of sp³-hybridized carbons (Fsp3) is 0.0625. The second kappa shape index (κ2) is 6.12. The van der Waals surface area contributed by atoms with Crippen molar-refractivity contribution in [2.45, 2.75) is 4.90 Å². The number of benzene rings is 2. The molecule has 2 aromatic rings. The molecule has 0 N–H and O–H groups in total. The lowest BCUT2D eigenvalue weighted by Gasteiger charge is -2.10. The van der Waals surface area contributed by atoms with E-state index in [1.54, 1.807) is 29.7 Å². The van der Waals surface area contributed by atoms with Crippen molar-refractivity contribution in [1.29, 1.82) is 5.26 Å². The minimum Gasteiger partial charge on any atom is -0.869 e. The molecule has 0 aliphatic rings. The van der Waals surface area contributed by atoms with Crippen LogP contribution in [-0.2, 0) is 10.9 Å². The molecule has 2 aromatic carbocycles. The predicted molar refractivity (Wildman–Crippen MR) is 77.1 cm³/mol. The molecule has 0 saturated heterocycles. The predicted octanol–water partition coefficient (Wildman–Crippen LogP) is 2.52. The molecule has 0 bridgehead atoms. The van der Waals surface area contributed by atoms with Crippen LogP contribution in [0.3, 0.4) is 0 Å². The first-order valence-corrected chi connectivity index (χ1v) is 7.49. The highest BCUT2D eigenvalue weighted by atomic mass is 32.2. The van der Waals surface area contributed by atoms with Crippen LogP contribution >= 0.6 is 0 Å².